The molecule has 1 fully saturated rings. The lowest BCUT2D eigenvalue weighted by Gasteiger charge is -1.99. The van der Waals surface area contributed by atoms with Crippen LogP contribution in [0.1, 0.15) is 54.6 Å². The van der Waals surface area contributed by atoms with E-state index in [2.05, 4.69) is 17.0 Å². The van der Waals surface area contributed by atoms with Crippen molar-refractivity contribution in [2.24, 2.45) is 0 Å². The van der Waals surface area contributed by atoms with Gasteiger partial charge in [-0.3, -0.25) is 0 Å². The molecule has 0 aromatic carbocycles. The van der Waals surface area contributed by atoms with E-state index in [9.17, 15) is 4.79 Å². The number of carbonyl (C=O) groups excluding carboxylic acids is 1. The Bertz CT molecular complexity index is 602. The van der Waals surface area contributed by atoms with E-state index >= 15 is 0 Å². The van der Waals surface area contributed by atoms with E-state index in [1.165, 1.54) is 18.4 Å². The van der Waals surface area contributed by atoms with E-state index in [-0.39, 0.29) is 5.97 Å². The van der Waals surface area contributed by atoms with Gasteiger partial charge in [-0.25, -0.2) is 14.3 Å². The van der Waals surface area contributed by atoms with Gasteiger partial charge in [0.2, 0.25) is 0 Å². The van der Waals surface area contributed by atoms with Gasteiger partial charge in [0.1, 0.15) is 0 Å². The fourth-order valence-electron chi connectivity index (χ4n) is 2.00. The highest BCUT2D eigenvalue weighted by Gasteiger charge is 2.24. The van der Waals surface area contributed by atoms with Crippen LogP contribution in [-0.4, -0.2) is 27.2 Å². The van der Waals surface area contributed by atoms with Crippen molar-refractivity contribution in [3.8, 4) is 0 Å². The first kappa shape index (κ1) is 12.1. The largest absolute Gasteiger partial charge is 0.461 e. The second-order valence-corrected chi connectivity index (χ2v) is 4.98. The van der Waals surface area contributed by atoms with Crippen molar-refractivity contribution >= 4 is 11.6 Å². The third kappa shape index (κ3) is 2.59. The minimum Gasteiger partial charge on any atom is -0.461 e. The zero-order valence-electron chi connectivity index (χ0n) is 11.0. The number of hydrogen-bond donors (Lipinski definition) is 0. The third-order valence-corrected chi connectivity index (χ3v) is 3.32. The molecule has 1 aliphatic carbocycles. The van der Waals surface area contributed by atoms with Gasteiger partial charge in [-0.05, 0) is 30.7 Å². The monoisotopic (exact) mass is 259 g/mol. The molecule has 2 heterocycles. The van der Waals surface area contributed by atoms with Crippen LogP contribution in [0, 0.1) is 0 Å². The quantitative estimate of drug-likeness (QED) is 0.611. The van der Waals surface area contributed by atoms with Gasteiger partial charge in [-0.15, -0.1) is 0 Å². The molecule has 1 aliphatic rings. The minimum atomic E-state index is -0.369. The number of aromatic nitrogens is 3. The fraction of sp³-hybridized carbons (Fsp3) is 0.500. The summed E-state index contributed by atoms with van der Waals surface area (Å²) < 4.78 is 6.82. The Morgan fingerprint density at radius 2 is 2.37 bits per heavy atom. The molecule has 2 aromatic heterocycles. The van der Waals surface area contributed by atoms with Gasteiger partial charge in [0.15, 0.2) is 11.3 Å². The van der Waals surface area contributed by atoms with E-state index in [0.29, 0.717) is 23.9 Å². The van der Waals surface area contributed by atoms with Crippen LogP contribution < -0.4 is 0 Å². The average molecular weight is 259 g/mol. The molecule has 0 bridgehead atoms. The van der Waals surface area contributed by atoms with Gasteiger partial charge in [-0.2, -0.15) is 5.10 Å². The molecule has 0 N–H and O–H groups in total. The predicted octanol–water partition coefficient (Wildman–Crippen LogP) is 2.56. The summed E-state index contributed by atoms with van der Waals surface area (Å²) in [4.78, 5) is 16.1. The highest BCUT2D eigenvalue weighted by Crippen LogP contribution is 2.39. The van der Waals surface area contributed by atoms with Crippen LogP contribution in [0.25, 0.3) is 5.65 Å². The summed E-state index contributed by atoms with van der Waals surface area (Å²) in [6.45, 7) is 2.51. The zero-order valence-corrected chi connectivity index (χ0v) is 11.0. The first-order valence-corrected chi connectivity index (χ1v) is 6.80. The fourth-order valence-corrected chi connectivity index (χ4v) is 2.00. The van der Waals surface area contributed by atoms with Crippen LogP contribution >= 0.6 is 0 Å². The average Bonchev–Trinajstić information content (AvgIpc) is 3.17. The maximum atomic E-state index is 11.8. The minimum absolute atomic E-state index is 0.330. The number of unbranched alkanes of at least 4 members (excludes halogenated alkanes) is 1. The molecule has 0 saturated heterocycles. The van der Waals surface area contributed by atoms with Gasteiger partial charge in [0, 0.05) is 18.5 Å². The lowest BCUT2D eigenvalue weighted by Crippen LogP contribution is -2.07. The predicted molar refractivity (Wildman–Crippen MR) is 70.2 cm³/mol. The Morgan fingerprint density at radius 3 is 3.11 bits per heavy atom. The second kappa shape index (κ2) is 4.99. The smallest absolute Gasteiger partial charge is 0.358 e. The molecule has 3 rings (SSSR count). The Morgan fingerprint density at radius 1 is 1.53 bits per heavy atom. The molecule has 0 radical (unpaired) electrons. The van der Waals surface area contributed by atoms with E-state index in [1.54, 1.807) is 10.6 Å². The lowest BCUT2D eigenvalue weighted by atomic mass is 10.2. The Hall–Kier alpha value is -1.91. The van der Waals surface area contributed by atoms with E-state index in [4.69, 9.17) is 4.74 Å². The molecule has 5 heteroatoms. The summed E-state index contributed by atoms with van der Waals surface area (Å²) in [5.41, 5.74) is 2.21. The Kier molecular flexibility index (Phi) is 3.19. The molecular weight excluding hydrogens is 242 g/mol. The summed E-state index contributed by atoms with van der Waals surface area (Å²) in [5, 5.41) is 4.24. The van der Waals surface area contributed by atoms with Crippen molar-refractivity contribution in [3.63, 3.8) is 0 Å². The lowest BCUT2D eigenvalue weighted by molar-refractivity contribution is 0.0492. The molecule has 2 aromatic rings. The van der Waals surface area contributed by atoms with Crippen molar-refractivity contribution < 1.29 is 9.53 Å². The van der Waals surface area contributed by atoms with Gasteiger partial charge in [0.25, 0.3) is 0 Å². The normalized spacial score (nSPS) is 14.8. The second-order valence-electron chi connectivity index (χ2n) is 4.98. The van der Waals surface area contributed by atoms with Gasteiger partial charge in [0.05, 0.1) is 6.61 Å². The molecule has 1 saturated carbocycles. The first-order valence-electron chi connectivity index (χ1n) is 6.80. The van der Waals surface area contributed by atoms with Crippen LogP contribution in [0.5, 0.6) is 0 Å². The summed E-state index contributed by atoms with van der Waals surface area (Å²) >= 11 is 0. The van der Waals surface area contributed by atoms with Crippen LogP contribution in [0.15, 0.2) is 18.5 Å². The highest BCUT2D eigenvalue weighted by molar-refractivity contribution is 5.88. The van der Waals surface area contributed by atoms with Crippen molar-refractivity contribution in [1.29, 1.82) is 0 Å². The molecular formula is C14H17N3O2. The third-order valence-electron chi connectivity index (χ3n) is 3.32. The first-order chi connectivity index (χ1) is 9.28. The van der Waals surface area contributed by atoms with E-state index < -0.39 is 0 Å². The number of carbonyl (C=O) groups is 1. The Labute approximate surface area is 111 Å². The highest BCUT2D eigenvalue weighted by atomic mass is 16.5. The van der Waals surface area contributed by atoms with Crippen molar-refractivity contribution in [1.82, 2.24) is 14.6 Å². The van der Waals surface area contributed by atoms with Gasteiger partial charge < -0.3 is 4.74 Å². The molecule has 0 spiro atoms. The van der Waals surface area contributed by atoms with Crippen LogP contribution in [0.3, 0.4) is 0 Å². The van der Waals surface area contributed by atoms with E-state index in [0.717, 1.165) is 12.8 Å². The topological polar surface area (TPSA) is 56.5 Å². The molecule has 0 amide bonds. The number of nitrogens with zero attached hydrogens (tertiary/aromatic N) is 3. The number of fused-ring (bicyclic) bond motifs is 1. The van der Waals surface area contributed by atoms with Crippen LogP contribution in [-0.2, 0) is 4.74 Å². The maximum Gasteiger partial charge on any atom is 0.358 e. The summed E-state index contributed by atoms with van der Waals surface area (Å²) in [7, 11) is 0. The van der Waals surface area contributed by atoms with Crippen molar-refractivity contribution in [2.45, 2.75) is 38.5 Å². The molecule has 0 aliphatic heterocycles. The van der Waals surface area contributed by atoms with Gasteiger partial charge >= 0.3 is 5.97 Å². The van der Waals surface area contributed by atoms with Crippen LogP contribution in [0.4, 0.5) is 0 Å². The number of hydrogen-bond acceptors (Lipinski definition) is 4. The van der Waals surface area contributed by atoms with Crippen LogP contribution in [0.2, 0.25) is 0 Å². The number of ether oxygens (including phenoxy) is 1. The molecule has 19 heavy (non-hydrogen) atoms. The number of esters is 1. The molecule has 100 valence electrons. The number of rotatable bonds is 5. The van der Waals surface area contributed by atoms with Crippen molar-refractivity contribution in [3.05, 3.63) is 29.7 Å². The van der Waals surface area contributed by atoms with Crippen molar-refractivity contribution in [2.75, 3.05) is 6.61 Å². The zero-order chi connectivity index (χ0) is 13.2. The Balaban J connectivity index is 1.78. The molecule has 0 atom stereocenters. The molecule has 5 nitrogen and oxygen atoms in total. The maximum absolute atomic E-state index is 11.8. The summed E-state index contributed by atoms with van der Waals surface area (Å²) in [5.74, 6) is 0.257. The SMILES string of the molecule is CCCCOC(=O)c1cc2ncc(C3CC3)cn2n1. The standard InChI is InChI=1S/C14H17N3O2/c1-2-3-6-19-14(18)12-7-13-15-8-11(10-4-5-10)9-17(13)16-12/h7-10H,2-6H2,1H3. The van der Waals surface area contributed by atoms with Gasteiger partial charge in [-0.1, -0.05) is 13.3 Å². The summed E-state index contributed by atoms with van der Waals surface area (Å²) in [6.07, 6.45) is 8.17. The van der Waals surface area contributed by atoms with E-state index in [1.807, 2.05) is 12.4 Å². The molecule has 0 unspecified atom stereocenters. The summed E-state index contributed by atoms with van der Waals surface area (Å²) in [6, 6.07) is 1.67.